The van der Waals surface area contributed by atoms with Crippen LogP contribution in [-0.4, -0.2) is 20.0 Å². The molecule has 26 heavy (non-hydrogen) atoms. The summed E-state index contributed by atoms with van der Waals surface area (Å²) in [4.78, 5) is 11.2. The Balaban J connectivity index is 1.81. The zero-order chi connectivity index (χ0) is 18.7. The second-order valence-corrected chi connectivity index (χ2v) is 8.63. The maximum atomic E-state index is 14.5. The molecule has 0 N–H and O–H groups in total. The van der Waals surface area contributed by atoms with Gasteiger partial charge in [0.25, 0.3) is 0 Å². The van der Waals surface area contributed by atoms with E-state index in [4.69, 9.17) is 5.26 Å². The first-order valence-electron chi connectivity index (χ1n) is 8.43. The SMILES string of the molecule is N#Cc1ccc(-c2ccc(S(=O)(=O)CC3CCC(=O)CC3)cc2F)cc1. The molecule has 1 aliphatic rings. The van der Waals surface area contributed by atoms with Crippen molar-refractivity contribution in [3.05, 3.63) is 53.8 Å². The summed E-state index contributed by atoms with van der Waals surface area (Å²) in [6.45, 7) is 0. The topological polar surface area (TPSA) is 75.0 Å². The lowest BCUT2D eigenvalue weighted by atomic mass is 9.90. The van der Waals surface area contributed by atoms with E-state index in [1.165, 1.54) is 12.1 Å². The van der Waals surface area contributed by atoms with E-state index in [0.717, 1.165) is 6.07 Å². The van der Waals surface area contributed by atoms with Gasteiger partial charge in [-0.25, -0.2) is 12.8 Å². The van der Waals surface area contributed by atoms with Crippen LogP contribution in [0.3, 0.4) is 0 Å². The van der Waals surface area contributed by atoms with E-state index >= 15 is 0 Å². The van der Waals surface area contributed by atoms with Crippen LogP contribution >= 0.6 is 0 Å². The molecular formula is C20H18FNO3S. The highest BCUT2D eigenvalue weighted by atomic mass is 32.2. The number of sulfone groups is 1. The van der Waals surface area contributed by atoms with Gasteiger partial charge in [0.15, 0.2) is 9.84 Å². The Morgan fingerprint density at radius 2 is 1.73 bits per heavy atom. The highest BCUT2D eigenvalue weighted by molar-refractivity contribution is 7.91. The number of Topliss-reactive ketones (excluding diaryl/α,β-unsaturated/α-hetero) is 1. The van der Waals surface area contributed by atoms with Gasteiger partial charge in [-0.15, -0.1) is 0 Å². The van der Waals surface area contributed by atoms with E-state index in [0.29, 0.717) is 36.8 Å². The third kappa shape index (κ3) is 4.00. The molecule has 0 heterocycles. The first-order chi connectivity index (χ1) is 12.4. The number of rotatable bonds is 4. The third-order valence-electron chi connectivity index (χ3n) is 4.74. The molecule has 0 unspecified atom stereocenters. The summed E-state index contributed by atoms with van der Waals surface area (Å²) in [5.74, 6) is -0.555. The molecule has 0 aliphatic heterocycles. The van der Waals surface area contributed by atoms with Crippen LogP contribution in [0, 0.1) is 23.1 Å². The van der Waals surface area contributed by atoms with Crippen molar-refractivity contribution >= 4 is 15.6 Å². The van der Waals surface area contributed by atoms with Gasteiger partial charge in [-0.3, -0.25) is 4.79 Å². The normalized spacial score (nSPS) is 15.6. The van der Waals surface area contributed by atoms with Crippen LogP contribution in [0.15, 0.2) is 47.4 Å². The second-order valence-electron chi connectivity index (χ2n) is 6.59. The fourth-order valence-corrected chi connectivity index (χ4v) is 4.93. The Kier molecular flexibility index (Phi) is 5.19. The number of benzene rings is 2. The molecule has 2 aromatic rings. The van der Waals surface area contributed by atoms with Crippen LogP contribution in [0.25, 0.3) is 11.1 Å². The minimum atomic E-state index is -3.60. The zero-order valence-electron chi connectivity index (χ0n) is 14.1. The quantitative estimate of drug-likeness (QED) is 0.817. The molecule has 6 heteroatoms. The van der Waals surface area contributed by atoms with Gasteiger partial charge in [0.1, 0.15) is 11.6 Å². The lowest BCUT2D eigenvalue weighted by Crippen LogP contribution is -2.22. The maximum Gasteiger partial charge on any atom is 0.178 e. The number of nitriles is 1. The molecule has 1 aliphatic carbocycles. The zero-order valence-corrected chi connectivity index (χ0v) is 14.9. The van der Waals surface area contributed by atoms with E-state index in [1.807, 2.05) is 6.07 Å². The molecule has 0 bridgehead atoms. The smallest absolute Gasteiger partial charge is 0.178 e. The largest absolute Gasteiger partial charge is 0.300 e. The predicted octanol–water partition coefficient (Wildman–Crippen LogP) is 3.90. The second kappa shape index (κ2) is 7.38. The number of nitrogens with zero attached hydrogens (tertiary/aromatic N) is 1. The van der Waals surface area contributed by atoms with Crippen molar-refractivity contribution in [1.29, 1.82) is 5.26 Å². The summed E-state index contributed by atoms with van der Waals surface area (Å²) in [6.07, 6.45) is 1.99. The summed E-state index contributed by atoms with van der Waals surface area (Å²) in [5.41, 5.74) is 1.34. The minimum absolute atomic E-state index is 0.0377. The average molecular weight is 371 g/mol. The first kappa shape index (κ1) is 18.3. The lowest BCUT2D eigenvalue weighted by Gasteiger charge is -2.20. The van der Waals surface area contributed by atoms with E-state index in [-0.39, 0.29) is 27.9 Å². The van der Waals surface area contributed by atoms with Gasteiger partial charge in [0, 0.05) is 18.4 Å². The highest BCUT2D eigenvalue weighted by Crippen LogP contribution is 2.29. The maximum absolute atomic E-state index is 14.5. The molecule has 4 nitrogen and oxygen atoms in total. The summed E-state index contributed by atoms with van der Waals surface area (Å²) >= 11 is 0. The van der Waals surface area contributed by atoms with Gasteiger partial charge in [0.2, 0.25) is 0 Å². The molecule has 0 spiro atoms. The molecule has 134 valence electrons. The summed E-state index contributed by atoms with van der Waals surface area (Å²) in [6, 6.07) is 12.4. The van der Waals surface area contributed by atoms with Crippen LogP contribution < -0.4 is 0 Å². The summed E-state index contributed by atoms with van der Waals surface area (Å²) < 4.78 is 39.7. The molecule has 0 radical (unpaired) electrons. The van der Waals surface area contributed by atoms with Crippen LogP contribution in [0.4, 0.5) is 4.39 Å². The Bertz CT molecular complexity index is 965. The molecule has 0 atom stereocenters. The highest BCUT2D eigenvalue weighted by Gasteiger charge is 2.26. The van der Waals surface area contributed by atoms with Gasteiger partial charge in [-0.05, 0) is 48.6 Å². The van der Waals surface area contributed by atoms with Gasteiger partial charge in [-0.1, -0.05) is 18.2 Å². The standard InChI is InChI=1S/C20H18FNO3S/c21-20-11-18(26(24,25)13-15-3-7-17(23)8-4-15)9-10-19(20)16-5-1-14(12-22)2-6-16/h1-2,5-6,9-11,15H,3-4,7-8,13H2. The van der Waals surface area contributed by atoms with Gasteiger partial charge < -0.3 is 0 Å². The molecule has 0 aromatic heterocycles. The number of carbonyl (C=O) groups excluding carboxylic acids is 1. The Labute approximate surface area is 152 Å². The van der Waals surface area contributed by atoms with E-state index in [1.54, 1.807) is 24.3 Å². The number of halogens is 1. The van der Waals surface area contributed by atoms with Crippen molar-refractivity contribution in [3.8, 4) is 17.2 Å². The molecule has 1 fully saturated rings. The molecular weight excluding hydrogens is 353 g/mol. The summed E-state index contributed by atoms with van der Waals surface area (Å²) in [7, 11) is -3.60. The fourth-order valence-electron chi connectivity index (χ4n) is 3.22. The Hall–Kier alpha value is -2.52. The van der Waals surface area contributed by atoms with Crippen LogP contribution in [0.5, 0.6) is 0 Å². The summed E-state index contributed by atoms with van der Waals surface area (Å²) in [5, 5.41) is 8.82. The van der Waals surface area contributed by atoms with Crippen molar-refractivity contribution in [1.82, 2.24) is 0 Å². The van der Waals surface area contributed by atoms with Crippen molar-refractivity contribution < 1.29 is 17.6 Å². The average Bonchev–Trinajstić information content (AvgIpc) is 2.63. The number of hydrogen-bond donors (Lipinski definition) is 0. The Morgan fingerprint density at radius 3 is 2.31 bits per heavy atom. The molecule has 2 aromatic carbocycles. The van der Waals surface area contributed by atoms with E-state index in [2.05, 4.69) is 0 Å². The van der Waals surface area contributed by atoms with E-state index < -0.39 is 15.7 Å². The molecule has 0 amide bonds. The lowest BCUT2D eigenvalue weighted by molar-refractivity contribution is -0.120. The number of ketones is 1. The van der Waals surface area contributed by atoms with Crippen molar-refractivity contribution in [3.63, 3.8) is 0 Å². The van der Waals surface area contributed by atoms with Crippen molar-refractivity contribution in [2.75, 3.05) is 5.75 Å². The molecule has 0 saturated heterocycles. The molecule has 1 saturated carbocycles. The minimum Gasteiger partial charge on any atom is -0.300 e. The predicted molar refractivity (Wildman–Crippen MR) is 95.6 cm³/mol. The fraction of sp³-hybridized carbons (Fsp3) is 0.300. The third-order valence-corrected chi connectivity index (χ3v) is 6.63. The van der Waals surface area contributed by atoms with Crippen molar-refractivity contribution in [2.24, 2.45) is 5.92 Å². The van der Waals surface area contributed by atoms with Gasteiger partial charge in [-0.2, -0.15) is 5.26 Å². The van der Waals surface area contributed by atoms with Gasteiger partial charge >= 0.3 is 0 Å². The first-order valence-corrected chi connectivity index (χ1v) is 10.1. The monoisotopic (exact) mass is 371 g/mol. The number of carbonyl (C=O) groups is 1. The number of hydrogen-bond acceptors (Lipinski definition) is 4. The Morgan fingerprint density at radius 1 is 1.08 bits per heavy atom. The van der Waals surface area contributed by atoms with Crippen LogP contribution in [0.2, 0.25) is 0 Å². The van der Waals surface area contributed by atoms with Gasteiger partial charge in [0.05, 0.1) is 22.3 Å². The van der Waals surface area contributed by atoms with E-state index in [9.17, 15) is 17.6 Å². The van der Waals surface area contributed by atoms with Crippen LogP contribution in [-0.2, 0) is 14.6 Å². The van der Waals surface area contributed by atoms with Crippen molar-refractivity contribution in [2.45, 2.75) is 30.6 Å². The van der Waals surface area contributed by atoms with Crippen LogP contribution in [0.1, 0.15) is 31.2 Å². The molecule has 3 rings (SSSR count).